The van der Waals surface area contributed by atoms with Crippen LogP contribution in [0.1, 0.15) is 29.1 Å². The van der Waals surface area contributed by atoms with Crippen LogP contribution in [-0.4, -0.2) is 5.97 Å². The number of carbonyl (C=O) groups is 1. The van der Waals surface area contributed by atoms with Crippen LogP contribution < -0.4 is 0 Å². The Balaban J connectivity index is 1.57. The third kappa shape index (κ3) is 3.18. The lowest BCUT2D eigenvalue weighted by Gasteiger charge is -2.23. The molecule has 2 nitrogen and oxygen atoms in total. The summed E-state index contributed by atoms with van der Waals surface area (Å²) in [5.74, 6) is -0.291. The van der Waals surface area contributed by atoms with Crippen LogP contribution in [0.25, 0.3) is 15.0 Å². The molecule has 0 bridgehead atoms. The summed E-state index contributed by atoms with van der Waals surface area (Å²) in [7, 11) is -0.0615. The molecule has 2 aromatic carbocycles. The molecule has 0 aliphatic carbocycles. The van der Waals surface area contributed by atoms with Crippen molar-refractivity contribution in [2.45, 2.75) is 19.4 Å². The van der Waals surface area contributed by atoms with Crippen LogP contribution in [0.15, 0.2) is 77.5 Å². The van der Waals surface area contributed by atoms with Crippen molar-refractivity contribution >= 4 is 37.9 Å². The van der Waals surface area contributed by atoms with E-state index in [0.717, 1.165) is 4.88 Å². The summed E-state index contributed by atoms with van der Waals surface area (Å²) in [5.41, 5.74) is -0.0443. The first-order valence-electron chi connectivity index (χ1n) is 8.42. The molecular weight excluding hydrogens is 360 g/mol. The number of carbonyl (C=O) groups excluding carboxylic acids is 1. The molecule has 0 amide bonds. The molecular formula is C22H19O2S2+. The summed E-state index contributed by atoms with van der Waals surface area (Å²) >= 11 is 1.60. The lowest BCUT2D eigenvalue weighted by atomic mass is 10.1. The van der Waals surface area contributed by atoms with Crippen molar-refractivity contribution in [1.82, 2.24) is 0 Å². The molecule has 0 N–H and O–H groups in total. The second kappa shape index (κ2) is 6.71. The average molecular weight is 380 g/mol. The number of hydrogen-bond donors (Lipinski definition) is 0. The fourth-order valence-corrected chi connectivity index (χ4v) is 5.61. The second-order valence-corrected chi connectivity index (χ2v) is 9.39. The molecule has 4 aromatic rings. The van der Waals surface area contributed by atoms with E-state index in [-0.39, 0.29) is 16.4 Å². The van der Waals surface area contributed by atoms with Crippen molar-refractivity contribution < 1.29 is 9.53 Å². The largest absolute Gasteiger partial charge is 0.450 e. The Hall–Kier alpha value is -2.43. The number of fused-ring (bicyclic) bond motifs is 1. The number of hydrogen-bond acceptors (Lipinski definition) is 3. The van der Waals surface area contributed by atoms with Crippen LogP contribution in [0.2, 0.25) is 0 Å². The molecule has 0 aliphatic heterocycles. The fraction of sp³-hybridized carbons (Fsp3) is 0.136. The van der Waals surface area contributed by atoms with E-state index in [1.54, 1.807) is 11.3 Å². The first kappa shape index (κ1) is 17.0. The van der Waals surface area contributed by atoms with Crippen LogP contribution in [-0.2, 0) is 10.3 Å². The van der Waals surface area contributed by atoms with Gasteiger partial charge in [0.05, 0.1) is 5.56 Å². The molecule has 0 aliphatic rings. The van der Waals surface area contributed by atoms with E-state index < -0.39 is 5.60 Å². The lowest BCUT2D eigenvalue weighted by Crippen LogP contribution is -2.24. The summed E-state index contributed by atoms with van der Waals surface area (Å²) in [4.78, 5) is 14.8. The Labute approximate surface area is 159 Å². The predicted octanol–water partition coefficient (Wildman–Crippen LogP) is 6.73. The molecule has 0 spiro atoms. The van der Waals surface area contributed by atoms with Gasteiger partial charge in [0.25, 0.3) is 0 Å². The van der Waals surface area contributed by atoms with Gasteiger partial charge in [-0.15, -0.1) is 11.3 Å². The van der Waals surface area contributed by atoms with Gasteiger partial charge in [-0.1, -0.05) is 18.2 Å². The molecule has 26 heavy (non-hydrogen) atoms. The van der Waals surface area contributed by atoms with Gasteiger partial charge in [0, 0.05) is 26.8 Å². The van der Waals surface area contributed by atoms with E-state index in [1.807, 2.05) is 55.6 Å². The summed E-state index contributed by atoms with van der Waals surface area (Å²) in [5, 5.41) is 5.50. The molecule has 4 rings (SSSR count). The Kier molecular flexibility index (Phi) is 4.39. The van der Waals surface area contributed by atoms with Crippen molar-refractivity contribution in [3.63, 3.8) is 0 Å². The van der Waals surface area contributed by atoms with Crippen molar-refractivity contribution in [3.8, 4) is 4.90 Å². The van der Waals surface area contributed by atoms with Gasteiger partial charge < -0.3 is 4.74 Å². The van der Waals surface area contributed by atoms with Crippen LogP contribution >= 0.6 is 21.8 Å². The molecule has 130 valence electrons. The molecule has 2 aromatic heterocycles. The maximum atomic E-state index is 12.6. The van der Waals surface area contributed by atoms with Gasteiger partial charge in [-0.25, -0.2) is 4.79 Å². The second-order valence-electron chi connectivity index (χ2n) is 6.58. The van der Waals surface area contributed by atoms with Gasteiger partial charge in [0.2, 0.25) is 0 Å². The van der Waals surface area contributed by atoms with Crippen molar-refractivity contribution in [2.24, 2.45) is 0 Å². The first-order valence-corrected chi connectivity index (χ1v) is 10.6. The minimum Gasteiger partial charge on any atom is -0.450 e. The van der Waals surface area contributed by atoms with Crippen LogP contribution in [0, 0.1) is 0 Å². The van der Waals surface area contributed by atoms with Crippen LogP contribution in [0.4, 0.5) is 0 Å². The Morgan fingerprint density at radius 2 is 1.73 bits per heavy atom. The van der Waals surface area contributed by atoms with E-state index >= 15 is 0 Å². The minimum atomic E-state index is -0.626. The standard InChI is InChI=1S/C22H19O2S2/c1-22(2,20-8-5-14-25-20)24-21(23)17-9-11-18(12-10-17)26-15-13-16-6-3-4-7-19(16)26/h3-15H,1-2H3/q+1. The zero-order chi connectivity index (χ0) is 18.1. The molecule has 1 unspecified atom stereocenters. The van der Waals surface area contributed by atoms with Gasteiger partial charge in [0.1, 0.15) is 11.0 Å². The van der Waals surface area contributed by atoms with E-state index in [0.29, 0.717) is 5.56 Å². The summed E-state index contributed by atoms with van der Waals surface area (Å²) in [6.45, 7) is 3.85. The maximum Gasteiger partial charge on any atom is 0.339 e. The number of ether oxygens (including phenoxy) is 1. The monoisotopic (exact) mass is 379 g/mol. The van der Waals surface area contributed by atoms with E-state index in [1.165, 1.54) is 15.0 Å². The zero-order valence-corrected chi connectivity index (χ0v) is 16.3. The molecule has 0 saturated carbocycles. The van der Waals surface area contributed by atoms with Gasteiger partial charge in [-0.2, -0.15) is 0 Å². The lowest BCUT2D eigenvalue weighted by molar-refractivity contribution is -0.00155. The van der Waals surface area contributed by atoms with E-state index in [4.69, 9.17) is 4.74 Å². The highest BCUT2D eigenvalue weighted by Crippen LogP contribution is 2.39. The number of benzene rings is 2. The number of esters is 1. The zero-order valence-electron chi connectivity index (χ0n) is 14.6. The predicted molar refractivity (Wildman–Crippen MR) is 111 cm³/mol. The third-order valence-corrected chi connectivity index (χ3v) is 7.55. The highest BCUT2D eigenvalue weighted by Gasteiger charge is 2.27. The number of thiophene rings is 2. The van der Waals surface area contributed by atoms with Crippen molar-refractivity contribution in [2.75, 3.05) is 0 Å². The first-order chi connectivity index (χ1) is 12.5. The topological polar surface area (TPSA) is 26.3 Å². The molecule has 0 fully saturated rings. The Bertz CT molecular complexity index is 1040. The molecule has 0 radical (unpaired) electrons. The van der Waals surface area contributed by atoms with Crippen LogP contribution in [0.5, 0.6) is 0 Å². The Morgan fingerprint density at radius 1 is 0.962 bits per heavy atom. The van der Waals surface area contributed by atoms with Gasteiger partial charge >= 0.3 is 5.97 Å². The van der Waals surface area contributed by atoms with Crippen LogP contribution in [0.3, 0.4) is 0 Å². The van der Waals surface area contributed by atoms with Gasteiger partial charge in [-0.05, 0) is 61.7 Å². The van der Waals surface area contributed by atoms with E-state index in [9.17, 15) is 4.79 Å². The normalized spacial score (nSPS) is 12.3. The quantitative estimate of drug-likeness (QED) is 0.290. The van der Waals surface area contributed by atoms with Crippen molar-refractivity contribution in [1.29, 1.82) is 0 Å². The third-order valence-electron chi connectivity index (χ3n) is 4.35. The van der Waals surface area contributed by atoms with Crippen molar-refractivity contribution in [3.05, 3.63) is 87.9 Å². The Morgan fingerprint density at radius 3 is 2.46 bits per heavy atom. The van der Waals surface area contributed by atoms with E-state index in [2.05, 4.69) is 35.7 Å². The smallest absolute Gasteiger partial charge is 0.339 e. The summed E-state index contributed by atoms with van der Waals surface area (Å²) in [6, 6.07) is 22.4. The highest BCUT2D eigenvalue weighted by atomic mass is 32.2. The van der Waals surface area contributed by atoms with Gasteiger partial charge in [-0.3, -0.25) is 0 Å². The number of rotatable bonds is 4. The molecule has 2 heterocycles. The highest BCUT2D eigenvalue weighted by molar-refractivity contribution is 7.43. The maximum absolute atomic E-state index is 12.6. The molecule has 1 atom stereocenters. The SMILES string of the molecule is CC(C)(OC(=O)c1ccc(-[s+]2ccc3ccccc32)cc1)c1cccs1. The van der Waals surface area contributed by atoms with Gasteiger partial charge in [0.15, 0.2) is 9.60 Å². The average Bonchev–Trinajstić information content (AvgIpc) is 3.32. The molecule has 0 saturated heterocycles. The molecule has 4 heteroatoms. The minimum absolute atomic E-state index is 0.0615. The summed E-state index contributed by atoms with van der Waals surface area (Å²) in [6.07, 6.45) is 0. The summed E-state index contributed by atoms with van der Waals surface area (Å²) < 4.78 is 7.08. The fourth-order valence-electron chi connectivity index (χ4n) is 2.94.